The van der Waals surface area contributed by atoms with Crippen molar-refractivity contribution in [2.24, 2.45) is 0 Å². The zero-order chi connectivity index (χ0) is 17.9. The second-order valence-corrected chi connectivity index (χ2v) is 6.89. The average Bonchev–Trinajstić information content (AvgIpc) is 2.60. The van der Waals surface area contributed by atoms with Crippen LogP contribution in [-0.4, -0.2) is 11.2 Å². The second-order valence-electron chi connectivity index (χ2n) is 6.89. The topological polar surface area (TPSA) is 46.5 Å². The molecule has 0 spiro atoms. The van der Waals surface area contributed by atoms with Crippen LogP contribution in [0.15, 0.2) is 11.6 Å². The Balaban J connectivity index is 3.80. The summed E-state index contributed by atoms with van der Waals surface area (Å²) in [5.74, 6) is -0.566. The maximum atomic E-state index is 11.6. The van der Waals surface area contributed by atoms with Crippen LogP contribution in [0.5, 0.6) is 0 Å². The van der Waals surface area contributed by atoms with Crippen molar-refractivity contribution in [1.82, 2.24) is 0 Å². The molecule has 0 saturated carbocycles. The largest absolute Gasteiger partial charge is 0.368 e. The molecule has 0 bridgehead atoms. The molecule has 0 aromatic rings. The second kappa shape index (κ2) is 18.5. The summed E-state index contributed by atoms with van der Waals surface area (Å²) in [6, 6.07) is 0. The Morgan fingerprint density at radius 2 is 1.21 bits per heavy atom. The fourth-order valence-electron chi connectivity index (χ4n) is 3.00. The van der Waals surface area contributed by atoms with Crippen LogP contribution in [0, 0.1) is 0 Å². The van der Waals surface area contributed by atoms with Crippen molar-refractivity contribution in [3.05, 3.63) is 11.6 Å². The fraction of sp³-hybridized carbons (Fsp3) is 0.857. The molecule has 1 N–H and O–H groups in total. The maximum Gasteiger partial charge on any atom is 0.368 e. The number of carbonyl (C=O) groups excluding carboxylic acids is 1. The Hall–Kier alpha value is -0.830. The molecule has 0 aliphatic carbocycles. The van der Waals surface area contributed by atoms with Gasteiger partial charge >= 0.3 is 5.97 Å². The quantitative estimate of drug-likeness (QED) is 0.132. The average molecular weight is 341 g/mol. The molecule has 142 valence electrons. The summed E-state index contributed by atoms with van der Waals surface area (Å²) in [7, 11) is 0. The summed E-state index contributed by atoms with van der Waals surface area (Å²) in [4.78, 5) is 15.6. The zero-order valence-corrected chi connectivity index (χ0v) is 16.2. The molecular formula is C21H40O3. The first kappa shape index (κ1) is 23.2. The van der Waals surface area contributed by atoms with E-state index in [-0.39, 0.29) is 0 Å². The van der Waals surface area contributed by atoms with E-state index in [2.05, 4.69) is 18.7 Å². The first-order valence-electron chi connectivity index (χ1n) is 10.3. The molecule has 0 saturated heterocycles. The summed E-state index contributed by atoms with van der Waals surface area (Å²) in [6.07, 6.45) is 21.1. The molecule has 0 amide bonds. The first-order chi connectivity index (χ1) is 11.8. The van der Waals surface area contributed by atoms with Crippen LogP contribution >= 0.6 is 0 Å². The van der Waals surface area contributed by atoms with Crippen molar-refractivity contribution >= 4 is 5.97 Å². The van der Waals surface area contributed by atoms with Gasteiger partial charge in [-0.15, -0.1) is 0 Å². The number of hydrogen-bond acceptors (Lipinski definition) is 3. The summed E-state index contributed by atoms with van der Waals surface area (Å²) in [5, 5.41) is 8.64. The van der Waals surface area contributed by atoms with Gasteiger partial charge in [0.05, 0.1) is 0 Å². The van der Waals surface area contributed by atoms with E-state index >= 15 is 0 Å². The van der Waals surface area contributed by atoms with Crippen LogP contribution in [0.1, 0.15) is 117 Å². The monoisotopic (exact) mass is 340 g/mol. The summed E-state index contributed by atoms with van der Waals surface area (Å²) in [6.45, 7) is 4.46. The molecule has 24 heavy (non-hydrogen) atoms. The van der Waals surface area contributed by atoms with E-state index in [0.29, 0.717) is 5.57 Å². The molecule has 0 fully saturated rings. The minimum Gasteiger partial charge on any atom is -0.296 e. The summed E-state index contributed by atoms with van der Waals surface area (Å²) in [5.41, 5.74) is 0.650. The highest BCUT2D eigenvalue weighted by Crippen LogP contribution is 2.16. The predicted octanol–water partition coefficient (Wildman–Crippen LogP) is 7.21. The van der Waals surface area contributed by atoms with Crippen molar-refractivity contribution in [2.45, 2.75) is 117 Å². The van der Waals surface area contributed by atoms with E-state index in [1.165, 1.54) is 70.6 Å². The number of rotatable bonds is 17. The maximum absolute atomic E-state index is 11.6. The van der Waals surface area contributed by atoms with E-state index in [0.717, 1.165) is 32.1 Å². The van der Waals surface area contributed by atoms with E-state index in [1.54, 1.807) is 0 Å². The fourth-order valence-corrected chi connectivity index (χ4v) is 3.00. The minimum atomic E-state index is -0.566. The molecule has 0 aromatic carbocycles. The number of allylic oxidation sites excluding steroid dienone is 1. The van der Waals surface area contributed by atoms with Crippen LogP contribution in [0.3, 0.4) is 0 Å². The number of hydrogen-bond donors (Lipinski definition) is 1. The lowest BCUT2D eigenvalue weighted by Crippen LogP contribution is -2.05. The lowest BCUT2D eigenvalue weighted by atomic mass is 10.0. The molecule has 0 radical (unpaired) electrons. The van der Waals surface area contributed by atoms with Crippen molar-refractivity contribution < 1.29 is 14.9 Å². The molecule has 0 unspecified atom stereocenters. The van der Waals surface area contributed by atoms with Crippen LogP contribution in [0.25, 0.3) is 0 Å². The van der Waals surface area contributed by atoms with Gasteiger partial charge in [0.1, 0.15) is 0 Å². The Bertz CT molecular complexity index is 310. The molecule has 0 aromatic heterocycles. The molecular weight excluding hydrogens is 300 g/mol. The van der Waals surface area contributed by atoms with E-state index in [4.69, 9.17) is 5.26 Å². The van der Waals surface area contributed by atoms with Gasteiger partial charge in [-0.3, -0.25) is 4.89 Å². The van der Waals surface area contributed by atoms with E-state index < -0.39 is 5.97 Å². The van der Waals surface area contributed by atoms with Gasteiger partial charge < -0.3 is 0 Å². The Morgan fingerprint density at radius 3 is 1.71 bits per heavy atom. The van der Waals surface area contributed by atoms with E-state index in [1.807, 2.05) is 6.08 Å². The zero-order valence-electron chi connectivity index (χ0n) is 16.2. The normalized spacial score (nSPS) is 11.7. The lowest BCUT2D eigenvalue weighted by Gasteiger charge is -2.05. The van der Waals surface area contributed by atoms with Gasteiger partial charge in [0, 0.05) is 5.57 Å². The van der Waals surface area contributed by atoms with Gasteiger partial charge in [0.2, 0.25) is 0 Å². The van der Waals surface area contributed by atoms with Gasteiger partial charge in [0.25, 0.3) is 0 Å². The van der Waals surface area contributed by atoms with Crippen LogP contribution in [0.2, 0.25) is 0 Å². The predicted molar refractivity (Wildman–Crippen MR) is 102 cm³/mol. The first-order valence-corrected chi connectivity index (χ1v) is 10.3. The molecule has 0 aliphatic rings. The minimum absolute atomic E-state index is 0.566. The SMILES string of the molecule is CCCCCCCCC=C(CCCCCCCCCC)C(=O)OO. The van der Waals surface area contributed by atoms with Gasteiger partial charge in [-0.1, -0.05) is 97.0 Å². The van der Waals surface area contributed by atoms with Crippen molar-refractivity contribution in [3.63, 3.8) is 0 Å². The van der Waals surface area contributed by atoms with Gasteiger partial charge in [-0.05, 0) is 25.7 Å². The third kappa shape index (κ3) is 14.7. The van der Waals surface area contributed by atoms with Gasteiger partial charge in [-0.2, -0.15) is 5.26 Å². The molecule has 3 nitrogen and oxygen atoms in total. The molecule has 0 aliphatic heterocycles. The number of carbonyl (C=O) groups is 1. The summed E-state index contributed by atoms with van der Waals surface area (Å²) >= 11 is 0. The van der Waals surface area contributed by atoms with Crippen molar-refractivity contribution in [1.29, 1.82) is 0 Å². The lowest BCUT2D eigenvalue weighted by molar-refractivity contribution is -0.229. The highest BCUT2D eigenvalue weighted by atomic mass is 17.1. The van der Waals surface area contributed by atoms with Crippen LogP contribution < -0.4 is 0 Å². The Morgan fingerprint density at radius 1 is 0.750 bits per heavy atom. The molecule has 0 atom stereocenters. The van der Waals surface area contributed by atoms with Crippen molar-refractivity contribution in [2.75, 3.05) is 0 Å². The number of unbranched alkanes of at least 4 members (excludes halogenated alkanes) is 13. The van der Waals surface area contributed by atoms with Crippen molar-refractivity contribution in [3.8, 4) is 0 Å². The van der Waals surface area contributed by atoms with Crippen LogP contribution in [-0.2, 0) is 9.68 Å². The van der Waals surface area contributed by atoms with Gasteiger partial charge in [-0.25, -0.2) is 4.79 Å². The standard InChI is InChI=1S/C21H40O3/c1-3-5-7-9-11-13-15-17-19-20(21(22)24-23)18-16-14-12-10-8-6-4-2/h18,23H,3-17,19H2,1-2H3. The molecule has 0 heterocycles. The van der Waals surface area contributed by atoms with Gasteiger partial charge in [0.15, 0.2) is 0 Å². The third-order valence-corrected chi connectivity index (χ3v) is 4.59. The third-order valence-electron chi connectivity index (χ3n) is 4.59. The van der Waals surface area contributed by atoms with Crippen LogP contribution in [0.4, 0.5) is 0 Å². The Kier molecular flexibility index (Phi) is 17.9. The summed E-state index contributed by atoms with van der Waals surface area (Å²) < 4.78 is 0. The highest BCUT2D eigenvalue weighted by Gasteiger charge is 2.10. The Labute approximate surface area is 149 Å². The molecule has 0 rings (SSSR count). The molecule has 3 heteroatoms. The highest BCUT2D eigenvalue weighted by molar-refractivity contribution is 5.87. The smallest absolute Gasteiger partial charge is 0.296 e. The van der Waals surface area contributed by atoms with E-state index in [9.17, 15) is 4.79 Å².